The molecule has 2 amide bonds. The minimum absolute atomic E-state index is 0.0308. The first-order chi connectivity index (χ1) is 11.1. The van der Waals surface area contributed by atoms with Crippen molar-refractivity contribution < 1.29 is 9.59 Å². The first-order valence-corrected chi connectivity index (χ1v) is 6.99. The van der Waals surface area contributed by atoms with Crippen molar-refractivity contribution in [3.63, 3.8) is 0 Å². The number of para-hydroxylation sites is 1. The molecule has 2 aromatic rings. The van der Waals surface area contributed by atoms with Gasteiger partial charge in [0.25, 0.3) is 0 Å². The largest absolute Gasteiger partial charge is 0.375 e. The molecule has 2 rings (SSSR count). The molecule has 0 aliphatic carbocycles. The van der Waals surface area contributed by atoms with Gasteiger partial charge >= 0.3 is 0 Å². The summed E-state index contributed by atoms with van der Waals surface area (Å²) in [5.41, 5.74) is 2.28. The zero-order chi connectivity index (χ0) is 16.7. The van der Waals surface area contributed by atoms with Crippen LogP contribution in [0.2, 0.25) is 0 Å². The second-order valence-electron chi connectivity index (χ2n) is 4.82. The molecule has 0 aliphatic heterocycles. The highest BCUT2D eigenvalue weighted by Crippen LogP contribution is 2.16. The number of hydrogen-bond donors (Lipinski definition) is 3. The predicted octanol–water partition coefficient (Wildman–Crippen LogP) is 2.57. The van der Waals surface area contributed by atoms with Gasteiger partial charge in [0.05, 0.1) is 17.8 Å². The molecule has 6 nitrogen and oxygen atoms in total. The van der Waals surface area contributed by atoms with Crippen LogP contribution in [-0.4, -0.2) is 18.4 Å². The Kier molecular flexibility index (Phi) is 5.31. The van der Waals surface area contributed by atoms with E-state index in [9.17, 15) is 9.59 Å². The SMILES string of the molecule is CC(=O)Nc1cccc(NC(=O)CNc2ccccc2C#N)c1. The second-order valence-corrected chi connectivity index (χ2v) is 4.82. The van der Waals surface area contributed by atoms with Crippen molar-refractivity contribution in [1.82, 2.24) is 0 Å². The van der Waals surface area contributed by atoms with Crippen LogP contribution in [0.3, 0.4) is 0 Å². The van der Waals surface area contributed by atoms with E-state index in [0.717, 1.165) is 0 Å². The molecule has 0 spiro atoms. The van der Waals surface area contributed by atoms with Gasteiger partial charge in [-0.25, -0.2) is 0 Å². The van der Waals surface area contributed by atoms with E-state index in [2.05, 4.69) is 22.0 Å². The zero-order valence-electron chi connectivity index (χ0n) is 12.6. The van der Waals surface area contributed by atoms with Gasteiger partial charge in [-0.1, -0.05) is 18.2 Å². The molecule has 0 saturated carbocycles. The molecule has 0 aliphatic rings. The molecule has 0 bridgehead atoms. The van der Waals surface area contributed by atoms with Gasteiger partial charge in [0, 0.05) is 18.3 Å². The van der Waals surface area contributed by atoms with E-state index in [1.807, 2.05) is 0 Å². The molecule has 116 valence electrons. The molecular formula is C17H16N4O2. The maximum absolute atomic E-state index is 12.0. The molecule has 2 aromatic carbocycles. The Morgan fingerprint density at radius 1 is 1.04 bits per heavy atom. The van der Waals surface area contributed by atoms with Crippen molar-refractivity contribution in [2.45, 2.75) is 6.92 Å². The Bertz CT molecular complexity index is 765. The highest BCUT2D eigenvalue weighted by Gasteiger charge is 2.05. The molecule has 0 radical (unpaired) electrons. The summed E-state index contributed by atoms with van der Waals surface area (Å²) in [5, 5.41) is 17.3. The summed E-state index contributed by atoms with van der Waals surface area (Å²) in [6, 6.07) is 15.9. The Morgan fingerprint density at radius 3 is 2.43 bits per heavy atom. The van der Waals surface area contributed by atoms with E-state index in [0.29, 0.717) is 22.6 Å². The summed E-state index contributed by atoms with van der Waals surface area (Å²) >= 11 is 0. The number of nitrogens with zero attached hydrogens (tertiary/aromatic N) is 1. The third-order valence-electron chi connectivity index (χ3n) is 2.95. The van der Waals surface area contributed by atoms with Crippen molar-refractivity contribution in [1.29, 1.82) is 5.26 Å². The van der Waals surface area contributed by atoms with E-state index < -0.39 is 0 Å². The molecule has 0 saturated heterocycles. The lowest BCUT2D eigenvalue weighted by atomic mass is 10.2. The lowest BCUT2D eigenvalue weighted by Gasteiger charge is -2.10. The molecule has 0 heterocycles. The second kappa shape index (κ2) is 7.61. The average molecular weight is 308 g/mol. The summed E-state index contributed by atoms with van der Waals surface area (Å²) in [7, 11) is 0. The lowest BCUT2D eigenvalue weighted by molar-refractivity contribution is -0.115. The van der Waals surface area contributed by atoms with E-state index in [-0.39, 0.29) is 18.4 Å². The monoisotopic (exact) mass is 308 g/mol. The number of anilines is 3. The summed E-state index contributed by atoms with van der Waals surface area (Å²) in [5.74, 6) is -0.430. The zero-order valence-corrected chi connectivity index (χ0v) is 12.6. The fourth-order valence-electron chi connectivity index (χ4n) is 1.99. The highest BCUT2D eigenvalue weighted by molar-refractivity contribution is 5.95. The minimum atomic E-state index is -0.252. The van der Waals surface area contributed by atoms with Crippen molar-refractivity contribution >= 4 is 28.9 Å². The average Bonchev–Trinajstić information content (AvgIpc) is 2.53. The van der Waals surface area contributed by atoms with Crippen LogP contribution >= 0.6 is 0 Å². The molecule has 0 fully saturated rings. The van der Waals surface area contributed by atoms with Gasteiger partial charge < -0.3 is 16.0 Å². The van der Waals surface area contributed by atoms with Crippen molar-refractivity contribution in [2.24, 2.45) is 0 Å². The third-order valence-corrected chi connectivity index (χ3v) is 2.95. The first kappa shape index (κ1) is 16.0. The predicted molar refractivity (Wildman–Crippen MR) is 89.0 cm³/mol. The van der Waals surface area contributed by atoms with Crippen LogP contribution in [0.1, 0.15) is 12.5 Å². The van der Waals surface area contributed by atoms with Gasteiger partial charge in [0.1, 0.15) is 6.07 Å². The van der Waals surface area contributed by atoms with Crippen LogP contribution in [0.4, 0.5) is 17.1 Å². The summed E-state index contributed by atoms with van der Waals surface area (Å²) in [6.07, 6.45) is 0. The minimum Gasteiger partial charge on any atom is -0.375 e. The molecule has 3 N–H and O–H groups in total. The van der Waals surface area contributed by atoms with Gasteiger partial charge in [0.15, 0.2) is 0 Å². The van der Waals surface area contributed by atoms with Crippen molar-refractivity contribution in [3.05, 3.63) is 54.1 Å². The van der Waals surface area contributed by atoms with Gasteiger partial charge in [-0.15, -0.1) is 0 Å². The van der Waals surface area contributed by atoms with Gasteiger partial charge in [-0.3, -0.25) is 9.59 Å². The summed E-state index contributed by atoms with van der Waals surface area (Å²) < 4.78 is 0. The van der Waals surface area contributed by atoms with Gasteiger partial charge in [-0.05, 0) is 30.3 Å². The normalized spacial score (nSPS) is 9.57. The molecular weight excluding hydrogens is 292 g/mol. The van der Waals surface area contributed by atoms with Crippen LogP contribution in [0.5, 0.6) is 0 Å². The maximum atomic E-state index is 12.0. The number of amides is 2. The topological polar surface area (TPSA) is 94.0 Å². The first-order valence-electron chi connectivity index (χ1n) is 6.99. The quantitative estimate of drug-likeness (QED) is 0.791. The highest BCUT2D eigenvalue weighted by atomic mass is 16.2. The number of benzene rings is 2. The van der Waals surface area contributed by atoms with Crippen LogP contribution in [-0.2, 0) is 9.59 Å². The number of nitriles is 1. The van der Waals surface area contributed by atoms with Gasteiger partial charge in [-0.2, -0.15) is 5.26 Å². The summed E-state index contributed by atoms with van der Waals surface area (Å²) in [6.45, 7) is 1.45. The van der Waals surface area contributed by atoms with Crippen LogP contribution in [0, 0.1) is 11.3 Å². The standard InChI is InChI=1S/C17H16N4O2/c1-12(22)20-14-6-4-7-15(9-14)21-17(23)11-19-16-8-3-2-5-13(16)10-18/h2-9,19H,11H2,1H3,(H,20,22)(H,21,23). The summed E-state index contributed by atoms with van der Waals surface area (Å²) in [4.78, 5) is 23.0. The van der Waals surface area contributed by atoms with Crippen LogP contribution in [0.15, 0.2) is 48.5 Å². The van der Waals surface area contributed by atoms with E-state index in [4.69, 9.17) is 5.26 Å². The molecule has 0 aromatic heterocycles. The molecule has 23 heavy (non-hydrogen) atoms. The Balaban J connectivity index is 1.95. The fraction of sp³-hybridized carbons (Fsp3) is 0.118. The Labute approximate surface area is 134 Å². The lowest BCUT2D eigenvalue weighted by Crippen LogP contribution is -2.22. The number of hydrogen-bond acceptors (Lipinski definition) is 4. The maximum Gasteiger partial charge on any atom is 0.243 e. The van der Waals surface area contributed by atoms with Crippen LogP contribution in [0.25, 0.3) is 0 Å². The van der Waals surface area contributed by atoms with E-state index in [1.54, 1.807) is 48.5 Å². The van der Waals surface area contributed by atoms with E-state index in [1.165, 1.54) is 6.92 Å². The van der Waals surface area contributed by atoms with Crippen molar-refractivity contribution in [2.75, 3.05) is 22.5 Å². The van der Waals surface area contributed by atoms with Crippen molar-refractivity contribution in [3.8, 4) is 6.07 Å². The van der Waals surface area contributed by atoms with Gasteiger partial charge in [0.2, 0.25) is 11.8 Å². The molecule has 6 heteroatoms. The number of carbonyl (C=O) groups is 2. The fourth-order valence-corrected chi connectivity index (χ4v) is 1.99. The number of nitrogens with one attached hydrogen (secondary N) is 3. The number of rotatable bonds is 5. The van der Waals surface area contributed by atoms with E-state index >= 15 is 0 Å². The number of carbonyl (C=O) groups excluding carboxylic acids is 2. The molecule has 0 unspecified atom stereocenters. The Hall–Kier alpha value is -3.33. The Morgan fingerprint density at radius 2 is 1.74 bits per heavy atom. The molecule has 0 atom stereocenters. The van der Waals surface area contributed by atoms with Crippen LogP contribution < -0.4 is 16.0 Å². The third kappa shape index (κ3) is 4.86. The smallest absolute Gasteiger partial charge is 0.243 e.